The fraction of sp³-hybridized carbons (Fsp3) is 0.143. The van der Waals surface area contributed by atoms with E-state index in [2.05, 4.69) is 0 Å². The summed E-state index contributed by atoms with van der Waals surface area (Å²) < 4.78 is 10.1. The number of hydrogen-bond donors (Lipinski definition) is 2. The van der Waals surface area contributed by atoms with E-state index in [0.717, 1.165) is 5.46 Å². The summed E-state index contributed by atoms with van der Waals surface area (Å²) in [5.74, 6) is 0. The van der Waals surface area contributed by atoms with E-state index < -0.39 is 7.12 Å². The van der Waals surface area contributed by atoms with Crippen LogP contribution in [-0.4, -0.2) is 38.5 Å². The van der Waals surface area contributed by atoms with Crippen molar-refractivity contribution in [3.63, 3.8) is 0 Å². The van der Waals surface area contributed by atoms with Gasteiger partial charge in [-0.2, -0.15) is 0 Å². The molecule has 8 heteroatoms. The molecule has 4 nitrogen and oxygen atoms in total. The zero-order chi connectivity index (χ0) is 16.5. The molecule has 2 aromatic carbocycles. The molecular weight excluding hydrogens is 325 g/mol. The second-order valence-corrected chi connectivity index (χ2v) is 5.16. The second-order valence-electron chi connectivity index (χ2n) is 4.29. The SMILES string of the molecule is COB(OC)c1cccc(Cl)c1.OB(O)c1cccc(Cl)c1. The van der Waals surface area contributed by atoms with Crippen LogP contribution in [0.2, 0.25) is 10.0 Å². The van der Waals surface area contributed by atoms with Gasteiger partial charge in [0.1, 0.15) is 0 Å². The van der Waals surface area contributed by atoms with Gasteiger partial charge in [-0.1, -0.05) is 47.5 Å². The number of halogens is 2. The zero-order valence-corrected chi connectivity index (χ0v) is 13.8. The molecule has 2 rings (SSSR count). The van der Waals surface area contributed by atoms with Crippen molar-refractivity contribution < 1.29 is 19.4 Å². The van der Waals surface area contributed by atoms with Crippen molar-refractivity contribution in [1.29, 1.82) is 0 Å². The van der Waals surface area contributed by atoms with Crippen molar-refractivity contribution >= 4 is 48.4 Å². The fourth-order valence-corrected chi connectivity index (χ4v) is 2.09. The molecule has 0 aliphatic carbocycles. The smallest absolute Gasteiger partial charge is 0.423 e. The first-order chi connectivity index (χ1) is 10.5. The van der Waals surface area contributed by atoms with Crippen LogP contribution in [-0.2, 0) is 9.31 Å². The molecule has 0 radical (unpaired) electrons. The van der Waals surface area contributed by atoms with Gasteiger partial charge in [0, 0.05) is 24.3 Å². The van der Waals surface area contributed by atoms with Crippen molar-refractivity contribution in [2.45, 2.75) is 0 Å². The quantitative estimate of drug-likeness (QED) is 0.825. The van der Waals surface area contributed by atoms with Gasteiger partial charge in [0.25, 0.3) is 0 Å². The highest BCUT2D eigenvalue weighted by atomic mass is 35.5. The summed E-state index contributed by atoms with van der Waals surface area (Å²) in [6, 6.07) is 13.8. The third-order valence-electron chi connectivity index (χ3n) is 2.70. The van der Waals surface area contributed by atoms with E-state index in [-0.39, 0.29) is 7.12 Å². The minimum absolute atomic E-state index is 0.330. The normalized spacial score (nSPS) is 9.73. The maximum Gasteiger partial charge on any atom is 0.493 e. The lowest BCUT2D eigenvalue weighted by Gasteiger charge is -2.07. The lowest BCUT2D eigenvalue weighted by molar-refractivity contribution is 0.292. The lowest BCUT2D eigenvalue weighted by atomic mass is 9.79. The maximum absolute atomic E-state index is 8.65. The molecule has 0 unspecified atom stereocenters. The van der Waals surface area contributed by atoms with Crippen molar-refractivity contribution in [3.05, 3.63) is 58.6 Å². The van der Waals surface area contributed by atoms with Gasteiger partial charge in [-0.05, 0) is 35.2 Å². The third kappa shape index (κ3) is 6.40. The Bertz CT molecular complexity index is 580. The van der Waals surface area contributed by atoms with E-state index in [1.54, 1.807) is 32.4 Å². The zero-order valence-electron chi connectivity index (χ0n) is 12.2. The molecule has 0 spiro atoms. The van der Waals surface area contributed by atoms with Gasteiger partial charge in [0.2, 0.25) is 0 Å². The van der Waals surface area contributed by atoms with Crippen LogP contribution in [0.15, 0.2) is 48.5 Å². The summed E-state index contributed by atoms with van der Waals surface area (Å²) in [5, 5.41) is 18.5. The number of hydrogen-bond acceptors (Lipinski definition) is 4. The molecule has 0 aliphatic rings. The van der Waals surface area contributed by atoms with Gasteiger partial charge >= 0.3 is 14.2 Å². The van der Waals surface area contributed by atoms with Crippen LogP contribution in [0.5, 0.6) is 0 Å². The molecule has 2 aromatic rings. The largest absolute Gasteiger partial charge is 0.493 e. The van der Waals surface area contributed by atoms with E-state index in [9.17, 15) is 0 Å². The van der Waals surface area contributed by atoms with E-state index in [4.69, 9.17) is 42.6 Å². The van der Waals surface area contributed by atoms with Gasteiger partial charge in [0.15, 0.2) is 0 Å². The van der Waals surface area contributed by atoms with Gasteiger partial charge in [-0.3, -0.25) is 0 Å². The van der Waals surface area contributed by atoms with E-state index in [1.807, 2.05) is 24.3 Å². The maximum atomic E-state index is 8.65. The molecule has 0 saturated heterocycles. The molecule has 0 saturated carbocycles. The highest BCUT2D eigenvalue weighted by Gasteiger charge is 2.17. The van der Waals surface area contributed by atoms with Crippen LogP contribution in [0.3, 0.4) is 0 Å². The highest BCUT2D eigenvalue weighted by molar-refractivity contribution is 6.61. The van der Waals surface area contributed by atoms with E-state index in [0.29, 0.717) is 15.5 Å². The van der Waals surface area contributed by atoms with Crippen LogP contribution >= 0.6 is 23.2 Å². The second kappa shape index (κ2) is 9.90. The number of rotatable bonds is 4. The highest BCUT2D eigenvalue weighted by Crippen LogP contribution is 2.05. The summed E-state index contributed by atoms with van der Waals surface area (Å²) in [5.41, 5.74) is 1.33. The topological polar surface area (TPSA) is 58.9 Å². The van der Waals surface area contributed by atoms with Crippen LogP contribution in [0.4, 0.5) is 0 Å². The first kappa shape index (κ1) is 19.0. The Balaban J connectivity index is 0.000000224. The van der Waals surface area contributed by atoms with Gasteiger partial charge in [0.05, 0.1) is 0 Å². The average Bonchev–Trinajstić information content (AvgIpc) is 2.49. The Morgan fingerprint density at radius 1 is 0.818 bits per heavy atom. The van der Waals surface area contributed by atoms with Crippen molar-refractivity contribution in [3.8, 4) is 0 Å². The molecule has 0 atom stereocenters. The third-order valence-corrected chi connectivity index (χ3v) is 3.17. The Kier molecular flexibility index (Phi) is 8.56. The predicted molar refractivity (Wildman–Crippen MR) is 92.1 cm³/mol. The molecule has 0 aromatic heterocycles. The van der Waals surface area contributed by atoms with Crippen LogP contribution in [0, 0.1) is 0 Å². The van der Waals surface area contributed by atoms with Crippen molar-refractivity contribution in [2.24, 2.45) is 0 Å². The van der Waals surface area contributed by atoms with Gasteiger partial charge in [-0.15, -0.1) is 0 Å². The van der Waals surface area contributed by atoms with E-state index >= 15 is 0 Å². The molecule has 116 valence electrons. The minimum Gasteiger partial charge on any atom is -0.423 e. The summed E-state index contributed by atoms with van der Waals surface area (Å²) in [4.78, 5) is 0. The first-order valence-electron chi connectivity index (χ1n) is 6.40. The summed E-state index contributed by atoms with van der Waals surface area (Å²) in [7, 11) is 1.42. The monoisotopic (exact) mass is 340 g/mol. The summed E-state index contributed by atoms with van der Waals surface area (Å²) >= 11 is 11.4. The molecule has 0 heterocycles. The summed E-state index contributed by atoms with van der Waals surface area (Å²) in [6.45, 7) is 0. The lowest BCUT2D eigenvalue weighted by Crippen LogP contribution is -2.34. The Hall–Kier alpha value is -1.01. The van der Waals surface area contributed by atoms with Crippen LogP contribution in [0.25, 0.3) is 0 Å². The van der Waals surface area contributed by atoms with Crippen LogP contribution < -0.4 is 10.9 Å². The predicted octanol–water partition coefficient (Wildman–Crippen LogP) is 1.35. The molecule has 0 bridgehead atoms. The fourth-order valence-electron chi connectivity index (χ4n) is 1.69. The Labute approximate surface area is 140 Å². The Morgan fingerprint density at radius 2 is 1.27 bits per heavy atom. The molecule has 0 amide bonds. The standard InChI is InChI=1S/C8H10BClO2.C6H6BClO2/c1-11-9(12-2)7-4-3-5-8(10)6-7;8-6-3-1-2-5(4-6)7(9)10/h3-6H,1-2H3;1-4,9-10H. The molecular formula is C14H16B2Cl2O4. The minimum atomic E-state index is -1.43. The van der Waals surface area contributed by atoms with E-state index in [1.165, 1.54) is 6.07 Å². The Morgan fingerprint density at radius 3 is 1.64 bits per heavy atom. The van der Waals surface area contributed by atoms with Gasteiger partial charge < -0.3 is 19.4 Å². The summed E-state index contributed by atoms with van der Waals surface area (Å²) in [6.07, 6.45) is 0. The molecule has 2 N–H and O–H groups in total. The van der Waals surface area contributed by atoms with Crippen LogP contribution in [0.1, 0.15) is 0 Å². The average molecular weight is 341 g/mol. The van der Waals surface area contributed by atoms with Gasteiger partial charge in [-0.25, -0.2) is 0 Å². The van der Waals surface area contributed by atoms with Crippen molar-refractivity contribution in [2.75, 3.05) is 14.2 Å². The number of benzene rings is 2. The molecule has 22 heavy (non-hydrogen) atoms. The molecule has 0 fully saturated rings. The molecule has 0 aliphatic heterocycles. The van der Waals surface area contributed by atoms with Crippen molar-refractivity contribution in [1.82, 2.24) is 0 Å². The first-order valence-corrected chi connectivity index (χ1v) is 7.16.